The van der Waals surface area contributed by atoms with Gasteiger partial charge in [0.15, 0.2) is 0 Å². The van der Waals surface area contributed by atoms with Crippen LogP contribution < -0.4 is 5.73 Å². The average molecular weight is 247 g/mol. The van der Waals surface area contributed by atoms with E-state index in [-0.39, 0.29) is 11.5 Å². The molecule has 0 aliphatic heterocycles. The number of aromatic nitrogens is 2. The van der Waals surface area contributed by atoms with Crippen LogP contribution in [-0.4, -0.2) is 15.6 Å². The second-order valence-electron chi connectivity index (χ2n) is 6.73. The van der Waals surface area contributed by atoms with E-state index >= 15 is 0 Å². The van der Waals surface area contributed by atoms with Gasteiger partial charge in [-0.15, -0.1) is 0 Å². The van der Waals surface area contributed by atoms with Crippen LogP contribution in [0.3, 0.4) is 0 Å². The van der Waals surface area contributed by atoms with Crippen LogP contribution in [0.1, 0.15) is 63.4 Å². The Hall–Kier alpha value is -0.830. The van der Waals surface area contributed by atoms with Crippen molar-refractivity contribution in [2.45, 2.75) is 70.9 Å². The molecule has 0 saturated heterocycles. The summed E-state index contributed by atoms with van der Waals surface area (Å²) in [7, 11) is 0. The maximum atomic E-state index is 6.53. The molecule has 2 N–H and O–H groups in total. The molecule has 2 aliphatic rings. The maximum Gasteiger partial charge on any atom is 0.0954 e. The van der Waals surface area contributed by atoms with E-state index in [0.29, 0.717) is 6.04 Å². The highest BCUT2D eigenvalue weighted by Gasteiger charge is 2.38. The molecule has 0 radical (unpaired) electrons. The fourth-order valence-corrected chi connectivity index (χ4v) is 3.72. The quantitative estimate of drug-likeness (QED) is 0.829. The first-order valence-electron chi connectivity index (χ1n) is 7.40. The van der Waals surface area contributed by atoms with Crippen molar-refractivity contribution < 1.29 is 0 Å². The fraction of sp³-hybridized carbons (Fsp3) is 0.800. The van der Waals surface area contributed by atoms with Crippen LogP contribution in [-0.2, 0) is 12.8 Å². The van der Waals surface area contributed by atoms with Gasteiger partial charge in [0, 0.05) is 11.7 Å². The van der Waals surface area contributed by atoms with Gasteiger partial charge in [0.25, 0.3) is 0 Å². The molecular weight excluding hydrogens is 222 g/mol. The Morgan fingerprint density at radius 2 is 2.06 bits per heavy atom. The van der Waals surface area contributed by atoms with Gasteiger partial charge in [-0.2, -0.15) is 0 Å². The summed E-state index contributed by atoms with van der Waals surface area (Å²) in [4.78, 5) is 4.62. The lowest BCUT2D eigenvalue weighted by Gasteiger charge is -2.43. The standard InChI is InChI=1S/C15H25N3/c1-15(2)9-5-8-13(14(15)16)18-10-17-11-6-3-4-7-12(11)18/h10,13-14H,3-9,16H2,1-2H3. The molecule has 0 aromatic carbocycles. The summed E-state index contributed by atoms with van der Waals surface area (Å²) in [6.07, 6.45) is 10.8. The van der Waals surface area contributed by atoms with Gasteiger partial charge in [-0.3, -0.25) is 0 Å². The lowest BCUT2D eigenvalue weighted by molar-refractivity contribution is 0.141. The molecule has 0 spiro atoms. The summed E-state index contributed by atoms with van der Waals surface area (Å²) < 4.78 is 2.42. The normalized spacial score (nSPS) is 31.1. The Balaban J connectivity index is 1.92. The molecule has 0 amide bonds. The number of nitrogens with zero attached hydrogens (tertiary/aromatic N) is 2. The Morgan fingerprint density at radius 1 is 1.28 bits per heavy atom. The maximum absolute atomic E-state index is 6.53. The Labute approximate surface area is 110 Å². The largest absolute Gasteiger partial charge is 0.330 e. The number of nitrogens with two attached hydrogens (primary N) is 1. The highest BCUT2D eigenvalue weighted by Crippen LogP contribution is 2.41. The number of hydrogen-bond donors (Lipinski definition) is 1. The topological polar surface area (TPSA) is 43.8 Å². The molecule has 1 aromatic heterocycles. The minimum atomic E-state index is 0.256. The van der Waals surface area contributed by atoms with Crippen molar-refractivity contribution in [3.63, 3.8) is 0 Å². The van der Waals surface area contributed by atoms with Crippen molar-refractivity contribution in [3.8, 4) is 0 Å². The van der Waals surface area contributed by atoms with E-state index in [1.54, 1.807) is 0 Å². The Kier molecular flexibility index (Phi) is 2.97. The van der Waals surface area contributed by atoms with Crippen LogP contribution in [0.15, 0.2) is 6.33 Å². The zero-order chi connectivity index (χ0) is 12.8. The molecule has 1 aromatic rings. The summed E-state index contributed by atoms with van der Waals surface area (Å²) in [5.74, 6) is 0. The molecule has 0 bridgehead atoms. The van der Waals surface area contributed by atoms with Gasteiger partial charge in [0.2, 0.25) is 0 Å². The van der Waals surface area contributed by atoms with Crippen LogP contribution in [0.5, 0.6) is 0 Å². The van der Waals surface area contributed by atoms with Crippen LogP contribution in [0, 0.1) is 5.41 Å². The fourth-order valence-electron chi connectivity index (χ4n) is 3.72. The van der Waals surface area contributed by atoms with E-state index in [4.69, 9.17) is 5.73 Å². The third-order valence-corrected chi connectivity index (χ3v) is 5.06. The summed E-state index contributed by atoms with van der Waals surface area (Å²) in [5.41, 5.74) is 9.59. The van der Waals surface area contributed by atoms with Crippen LogP contribution in [0.4, 0.5) is 0 Å². The second-order valence-corrected chi connectivity index (χ2v) is 6.73. The molecule has 2 aliphatic carbocycles. The van der Waals surface area contributed by atoms with Gasteiger partial charge in [0.1, 0.15) is 0 Å². The van der Waals surface area contributed by atoms with Crippen molar-refractivity contribution in [2.75, 3.05) is 0 Å². The lowest BCUT2D eigenvalue weighted by atomic mass is 9.71. The van der Waals surface area contributed by atoms with Crippen molar-refractivity contribution in [1.82, 2.24) is 9.55 Å². The zero-order valence-electron chi connectivity index (χ0n) is 11.7. The molecule has 2 unspecified atom stereocenters. The summed E-state index contributed by atoms with van der Waals surface area (Å²) >= 11 is 0. The number of hydrogen-bond acceptors (Lipinski definition) is 2. The van der Waals surface area contributed by atoms with Gasteiger partial charge in [-0.25, -0.2) is 4.98 Å². The molecule has 3 nitrogen and oxygen atoms in total. The molecule has 18 heavy (non-hydrogen) atoms. The van der Waals surface area contributed by atoms with Crippen molar-refractivity contribution in [3.05, 3.63) is 17.7 Å². The second kappa shape index (κ2) is 4.37. The summed E-state index contributed by atoms with van der Waals surface area (Å²) in [6.45, 7) is 4.63. The van der Waals surface area contributed by atoms with Crippen molar-refractivity contribution in [2.24, 2.45) is 11.1 Å². The molecule has 1 saturated carbocycles. The summed E-state index contributed by atoms with van der Waals surface area (Å²) in [6, 6.07) is 0.717. The van der Waals surface area contributed by atoms with Crippen LogP contribution in [0.2, 0.25) is 0 Å². The molecule has 2 atom stereocenters. The van der Waals surface area contributed by atoms with Gasteiger partial charge in [-0.1, -0.05) is 20.3 Å². The highest BCUT2D eigenvalue weighted by atomic mass is 15.1. The van der Waals surface area contributed by atoms with E-state index in [1.165, 1.54) is 49.9 Å². The third-order valence-electron chi connectivity index (χ3n) is 5.06. The minimum Gasteiger partial charge on any atom is -0.330 e. The average Bonchev–Trinajstić information content (AvgIpc) is 2.76. The van der Waals surface area contributed by atoms with Gasteiger partial charge in [-0.05, 0) is 43.9 Å². The van der Waals surface area contributed by atoms with Crippen molar-refractivity contribution in [1.29, 1.82) is 0 Å². The zero-order valence-corrected chi connectivity index (χ0v) is 11.7. The first-order chi connectivity index (χ1) is 8.59. The van der Waals surface area contributed by atoms with E-state index in [0.717, 1.165) is 6.42 Å². The number of aryl methyl sites for hydroxylation is 1. The molecular formula is C15H25N3. The van der Waals surface area contributed by atoms with Crippen LogP contribution in [0.25, 0.3) is 0 Å². The van der Waals surface area contributed by atoms with E-state index in [2.05, 4.69) is 29.7 Å². The third kappa shape index (κ3) is 1.89. The van der Waals surface area contributed by atoms with Gasteiger partial charge < -0.3 is 10.3 Å². The smallest absolute Gasteiger partial charge is 0.0954 e. The molecule has 1 fully saturated rings. The van der Waals surface area contributed by atoms with E-state index in [1.807, 2.05) is 0 Å². The Bertz CT molecular complexity index is 433. The predicted octanol–water partition coefficient (Wildman–Crippen LogP) is 2.84. The number of fused-ring (bicyclic) bond motifs is 1. The van der Waals surface area contributed by atoms with Gasteiger partial charge in [0.05, 0.1) is 18.1 Å². The predicted molar refractivity (Wildman–Crippen MR) is 73.5 cm³/mol. The van der Waals surface area contributed by atoms with E-state index < -0.39 is 0 Å². The first-order valence-corrected chi connectivity index (χ1v) is 7.40. The monoisotopic (exact) mass is 247 g/mol. The lowest BCUT2D eigenvalue weighted by Crippen LogP contribution is -2.47. The van der Waals surface area contributed by atoms with Crippen molar-refractivity contribution >= 4 is 0 Å². The minimum absolute atomic E-state index is 0.256. The summed E-state index contributed by atoms with van der Waals surface area (Å²) in [5, 5.41) is 0. The first kappa shape index (κ1) is 12.2. The molecule has 1 heterocycles. The molecule has 3 rings (SSSR count). The molecule has 100 valence electrons. The van der Waals surface area contributed by atoms with E-state index in [9.17, 15) is 0 Å². The SMILES string of the molecule is CC1(C)CCCC(n2cnc3c2CCCC3)C1N. The van der Waals surface area contributed by atoms with Gasteiger partial charge >= 0.3 is 0 Å². The highest BCUT2D eigenvalue weighted by molar-refractivity contribution is 5.18. The Morgan fingerprint density at radius 3 is 2.89 bits per heavy atom. The number of imidazole rings is 1. The van der Waals surface area contributed by atoms with Crippen LogP contribution >= 0.6 is 0 Å². The molecule has 3 heteroatoms. The number of rotatable bonds is 1.